The number of hydrogen-bond acceptors (Lipinski definition) is 10. The van der Waals surface area contributed by atoms with Gasteiger partial charge in [0.1, 0.15) is 11.9 Å². The van der Waals surface area contributed by atoms with E-state index in [0.29, 0.717) is 29.3 Å². The Labute approximate surface area is 283 Å². The lowest BCUT2D eigenvalue weighted by Gasteiger charge is -2.33. The molecule has 6 rings (SSSR count). The molecule has 2 heterocycles. The molecule has 1 aliphatic heterocycles. The Balaban J connectivity index is 1.45. The Morgan fingerprint density at radius 3 is 2.46 bits per heavy atom. The van der Waals surface area contributed by atoms with Crippen molar-refractivity contribution >= 4 is 50.0 Å². The van der Waals surface area contributed by atoms with E-state index < -0.39 is 62.9 Å². The molecule has 3 atom stereocenters. The van der Waals surface area contributed by atoms with Gasteiger partial charge in [-0.15, -0.1) is 0 Å². The maximum absolute atomic E-state index is 14.7. The van der Waals surface area contributed by atoms with Gasteiger partial charge in [-0.3, -0.25) is 9.59 Å². The number of aromatic nitrogens is 1. The quantitative estimate of drug-likeness (QED) is 0.133. The fourth-order valence-corrected chi connectivity index (χ4v) is 8.11. The Bertz CT molecular complexity index is 2110. The number of pyridine rings is 1. The number of sulfone groups is 1. The summed E-state index contributed by atoms with van der Waals surface area (Å²) in [5.41, 5.74) is 6.59. The van der Waals surface area contributed by atoms with E-state index in [4.69, 9.17) is 10.5 Å². The van der Waals surface area contributed by atoms with E-state index in [1.807, 2.05) is 0 Å². The number of carbonyl (C=O) groups excluding carboxylic acids is 3. The van der Waals surface area contributed by atoms with Gasteiger partial charge in [0.25, 0.3) is 0 Å². The number of amides is 1. The summed E-state index contributed by atoms with van der Waals surface area (Å²) in [6.45, 7) is -0.238. The van der Waals surface area contributed by atoms with Crippen LogP contribution in [0.3, 0.4) is 0 Å². The predicted octanol–water partition coefficient (Wildman–Crippen LogP) is 5.28. The summed E-state index contributed by atoms with van der Waals surface area (Å²) in [5.74, 6) is -7.24. The van der Waals surface area contributed by atoms with Crippen LogP contribution >= 0.6 is 0 Å². The number of nitrogens with two attached hydrogens (primary N) is 1. The van der Waals surface area contributed by atoms with Gasteiger partial charge in [-0.25, -0.2) is 22.6 Å². The van der Waals surface area contributed by atoms with Gasteiger partial charge in [0, 0.05) is 23.8 Å². The average Bonchev–Trinajstić information content (AvgIpc) is 3.86. The number of benzene rings is 3. The minimum atomic E-state index is -5.48. The minimum Gasteiger partial charge on any atom is -0.494 e. The zero-order valence-electron chi connectivity index (χ0n) is 26.3. The number of methoxy groups -OCH3 is 1. The molecular formula is C34H30F4N4O7S. The fourth-order valence-electron chi connectivity index (χ4n) is 6.20. The molecule has 4 aromatic rings. The number of rotatable bonds is 9. The maximum Gasteiger partial charge on any atom is 0.491 e. The van der Waals surface area contributed by atoms with Crippen molar-refractivity contribution < 1.29 is 49.8 Å². The summed E-state index contributed by atoms with van der Waals surface area (Å²) in [6.07, 6.45) is -3.47. The Kier molecular flexibility index (Phi) is 9.15. The smallest absolute Gasteiger partial charge is 0.491 e. The van der Waals surface area contributed by atoms with Crippen LogP contribution in [0, 0.1) is 11.7 Å². The molecule has 50 heavy (non-hydrogen) atoms. The third-order valence-corrected chi connectivity index (χ3v) is 11.1. The second-order valence-corrected chi connectivity index (χ2v) is 14.2. The second kappa shape index (κ2) is 13.2. The van der Waals surface area contributed by atoms with Crippen molar-refractivity contribution in [2.24, 2.45) is 5.92 Å². The number of nitrogen functional groups attached to an aromatic ring is 1. The summed E-state index contributed by atoms with van der Waals surface area (Å²) in [5, 5.41) is 3.72. The summed E-state index contributed by atoms with van der Waals surface area (Å²) in [7, 11) is -2.73. The zero-order chi connectivity index (χ0) is 36.0. The lowest BCUT2D eigenvalue weighted by atomic mass is 9.93. The molecule has 262 valence electrons. The Morgan fingerprint density at radius 2 is 1.76 bits per heavy atom. The van der Waals surface area contributed by atoms with Gasteiger partial charge in [0.2, 0.25) is 5.91 Å². The fraction of sp³-hybridized carbons (Fsp3) is 0.294. The number of alkyl halides is 3. The monoisotopic (exact) mass is 714 g/mol. The summed E-state index contributed by atoms with van der Waals surface area (Å²) in [4.78, 5) is 44.7. The van der Waals surface area contributed by atoms with E-state index in [9.17, 15) is 40.4 Å². The van der Waals surface area contributed by atoms with Gasteiger partial charge in [-0.2, -0.15) is 13.2 Å². The van der Waals surface area contributed by atoms with E-state index >= 15 is 0 Å². The zero-order valence-corrected chi connectivity index (χ0v) is 27.1. The molecule has 11 nitrogen and oxygen atoms in total. The molecule has 0 spiro atoms. The van der Waals surface area contributed by atoms with Crippen LogP contribution in [0.5, 0.6) is 5.75 Å². The third kappa shape index (κ3) is 6.66. The Morgan fingerprint density at radius 1 is 1.02 bits per heavy atom. The molecule has 2 fully saturated rings. The second-order valence-electron chi connectivity index (χ2n) is 12.0. The summed E-state index contributed by atoms with van der Waals surface area (Å²) >= 11 is 0. The van der Waals surface area contributed by atoms with Crippen molar-refractivity contribution in [2.75, 3.05) is 24.7 Å². The first-order valence-electron chi connectivity index (χ1n) is 15.4. The number of ether oxygens (including phenoxy) is 2. The first-order chi connectivity index (χ1) is 23.7. The molecule has 0 bridgehead atoms. The van der Waals surface area contributed by atoms with Crippen LogP contribution < -0.4 is 15.8 Å². The highest BCUT2D eigenvalue weighted by molar-refractivity contribution is 7.92. The highest BCUT2D eigenvalue weighted by Crippen LogP contribution is 2.45. The van der Waals surface area contributed by atoms with E-state index in [0.717, 1.165) is 6.07 Å². The van der Waals surface area contributed by atoms with Crippen molar-refractivity contribution in [3.63, 3.8) is 0 Å². The highest BCUT2D eigenvalue weighted by Gasteiger charge is 2.50. The number of fused-ring (bicyclic) bond motifs is 1. The van der Waals surface area contributed by atoms with Crippen LogP contribution in [0.25, 0.3) is 10.8 Å². The van der Waals surface area contributed by atoms with Crippen LogP contribution in [0.15, 0.2) is 77.8 Å². The molecule has 1 aliphatic carbocycles. The number of hydrogen-bond donors (Lipinski definition) is 2. The largest absolute Gasteiger partial charge is 0.494 e. The summed E-state index contributed by atoms with van der Waals surface area (Å²) < 4.78 is 90.4. The standard InChI is InChI=1S/C34H30F4N4O7S/c1-48-26-17-19(6-11-25(26)35)28(41-20-7-10-22-18(16-20)12-14-40-30(22)39)31(43)42-15-13-24(32(44)49-33(45)34(36,37)38)29(42)23-4-2-3-5-27(23)50(46,47)21-8-9-21/h2-7,10-12,14,16-17,21,24,28-29,41H,8-9,13,15H2,1H3,(H2,39,40)/t24-,28-,29-/m1/s1. The first kappa shape index (κ1) is 34.6. The third-order valence-electron chi connectivity index (χ3n) is 8.78. The molecule has 3 N–H and O–H groups in total. The Hall–Kier alpha value is -5.25. The SMILES string of the molecule is COc1cc([C@@H](Nc2ccc3c(N)nccc3c2)C(=O)N2CC[C@@H](C(=O)OC(=O)C(F)(F)F)[C@H]2c2ccccc2S(=O)(=O)C2CC2)ccc1F. The average molecular weight is 715 g/mol. The number of carbonyl (C=O) groups is 3. The molecule has 1 saturated carbocycles. The van der Waals surface area contributed by atoms with Gasteiger partial charge in [-0.05, 0) is 78.2 Å². The molecule has 1 saturated heterocycles. The van der Waals surface area contributed by atoms with Crippen molar-refractivity contribution in [1.29, 1.82) is 0 Å². The molecule has 3 aromatic carbocycles. The van der Waals surface area contributed by atoms with Gasteiger partial charge in [0.15, 0.2) is 21.4 Å². The molecule has 1 amide bonds. The van der Waals surface area contributed by atoms with E-state index in [1.54, 1.807) is 24.3 Å². The van der Waals surface area contributed by atoms with Gasteiger partial charge >= 0.3 is 18.1 Å². The van der Waals surface area contributed by atoms with Crippen LogP contribution in [0.1, 0.15) is 42.5 Å². The van der Waals surface area contributed by atoms with Crippen LogP contribution in [0.2, 0.25) is 0 Å². The minimum absolute atomic E-state index is 0.0178. The molecule has 0 radical (unpaired) electrons. The molecule has 1 aromatic heterocycles. The molecular weight excluding hydrogens is 684 g/mol. The topological polar surface area (TPSA) is 158 Å². The van der Waals surface area contributed by atoms with Crippen molar-refractivity contribution in [3.8, 4) is 5.75 Å². The first-order valence-corrected chi connectivity index (χ1v) is 17.0. The predicted molar refractivity (Wildman–Crippen MR) is 172 cm³/mol. The van der Waals surface area contributed by atoms with Gasteiger partial charge < -0.3 is 25.4 Å². The molecule has 2 aliphatic rings. The van der Waals surface area contributed by atoms with Crippen molar-refractivity contribution in [1.82, 2.24) is 9.88 Å². The van der Waals surface area contributed by atoms with Crippen LogP contribution in [-0.4, -0.2) is 61.2 Å². The normalized spacial score (nSPS) is 18.5. The number of nitrogens with zero attached hydrogens (tertiary/aromatic N) is 2. The van der Waals surface area contributed by atoms with Crippen molar-refractivity contribution in [3.05, 3.63) is 89.9 Å². The lowest BCUT2D eigenvalue weighted by molar-refractivity contribution is -0.203. The highest BCUT2D eigenvalue weighted by atomic mass is 32.2. The van der Waals surface area contributed by atoms with Crippen LogP contribution in [0.4, 0.5) is 29.1 Å². The van der Waals surface area contributed by atoms with Crippen LogP contribution in [-0.2, 0) is 29.0 Å². The van der Waals surface area contributed by atoms with E-state index in [1.165, 1.54) is 54.6 Å². The molecule has 0 unspecified atom stereocenters. The number of halogens is 4. The van der Waals surface area contributed by atoms with Crippen molar-refractivity contribution in [2.45, 2.75) is 47.7 Å². The van der Waals surface area contributed by atoms with Gasteiger partial charge in [0.05, 0.1) is 29.2 Å². The lowest BCUT2D eigenvalue weighted by Crippen LogP contribution is -2.40. The molecule has 16 heteroatoms. The van der Waals surface area contributed by atoms with E-state index in [-0.39, 0.29) is 40.6 Å². The number of esters is 2. The maximum atomic E-state index is 14.7. The van der Waals surface area contributed by atoms with Gasteiger partial charge in [-0.1, -0.05) is 24.3 Å². The number of anilines is 2. The van der Waals surface area contributed by atoms with E-state index in [2.05, 4.69) is 15.0 Å². The number of likely N-dealkylation sites (tertiary alicyclic amines) is 1. The number of nitrogens with one attached hydrogen (secondary N) is 1. The summed E-state index contributed by atoms with van der Waals surface area (Å²) in [6, 6.07) is 13.2.